The topological polar surface area (TPSA) is 107 Å². The molecular weight excluding hydrogens is 314 g/mol. The number of imide groups is 1. The van der Waals surface area contributed by atoms with Gasteiger partial charge in [-0.2, -0.15) is 0 Å². The number of benzene rings is 1. The number of carbonyl (C=O) groups is 4. The zero-order chi connectivity index (χ0) is 17.5. The summed E-state index contributed by atoms with van der Waals surface area (Å²) >= 11 is 0. The van der Waals surface area contributed by atoms with Crippen molar-refractivity contribution in [3.05, 3.63) is 29.8 Å². The molecule has 0 saturated carbocycles. The Morgan fingerprint density at radius 2 is 2.00 bits per heavy atom. The summed E-state index contributed by atoms with van der Waals surface area (Å²) in [6, 6.07) is 6.16. The summed E-state index contributed by atoms with van der Waals surface area (Å²) in [5.41, 5.74) is -0.322. The number of nitrogens with one attached hydrogen (secondary N) is 1. The van der Waals surface area contributed by atoms with Gasteiger partial charge in [-0.25, -0.2) is 4.79 Å². The molecule has 0 aromatic heterocycles. The minimum atomic E-state index is -1.35. The van der Waals surface area contributed by atoms with Crippen LogP contribution in [0.5, 0.6) is 0 Å². The number of carbonyl (C=O) groups excluding carboxylic acids is 3. The maximum Gasteiger partial charge on any atom is 0.325 e. The molecule has 8 heteroatoms. The number of urea groups is 1. The van der Waals surface area contributed by atoms with Crippen molar-refractivity contribution in [2.45, 2.75) is 25.3 Å². The van der Waals surface area contributed by atoms with Crippen LogP contribution in [0.4, 0.5) is 10.5 Å². The van der Waals surface area contributed by atoms with E-state index >= 15 is 0 Å². The van der Waals surface area contributed by atoms with E-state index in [2.05, 4.69) is 5.32 Å². The van der Waals surface area contributed by atoms with Crippen molar-refractivity contribution in [3.63, 3.8) is 0 Å². The standard InChI is InChI=1S/C16H17N3O5/c1-16(19-8-4-7-12(20)17-15(19)24)10-5-2-3-6-11(10)18(14(16)23)9-13(21)22/h2-3,5-6H,4,7-9H2,1H3,(H,21,22)(H,17,20,24). The van der Waals surface area contributed by atoms with Gasteiger partial charge in [0.2, 0.25) is 5.91 Å². The number of anilines is 1. The van der Waals surface area contributed by atoms with Crippen molar-refractivity contribution in [1.82, 2.24) is 10.2 Å². The van der Waals surface area contributed by atoms with Crippen molar-refractivity contribution in [2.75, 3.05) is 18.0 Å². The minimum absolute atomic E-state index is 0.201. The molecule has 24 heavy (non-hydrogen) atoms. The SMILES string of the molecule is CC1(N2CCCC(=O)NC2=O)C(=O)N(CC(=O)O)c2ccccc21. The summed E-state index contributed by atoms with van der Waals surface area (Å²) in [6.07, 6.45) is 0.633. The van der Waals surface area contributed by atoms with E-state index in [0.29, 0.717) is 17.7 Å². The van der Waals surface area contributed by atoms with Crippen molar-refractivity contribution < 1.29 is 24.3 Å². The van der Waals surface area contributed by atoms with E-state index in [1.165, 1.54) is 4.90 Å². The Hall–Kier alpha value is -2.90. The molecule has 1 atom stereocenters. The molecule has 0 radical (unpaired) electrons. The van der Waals surface area contributed by atoms with Crippen LogP contribution in [0.1, 0.15) is 25.3 Å². The van der Waals surface area contributed by atoms with Crippen LogP contribution in [-0.4, -0.2) is 46.9 Å². The highest BCUT2D eigenvalue weighted by molar-refractivity contribution is 6.11. The molecule has 8 nitrogen and oxygen atoms in total. The zero-order valence-electron chi connectivity index (χ0n) is 13.1. The van der Waals surface area contributed by atoms with Crippen LogP contribution >= 0.6 is 0 Å². The van der Waals surface area contributed by atoms with Gasteiger partial charge < -0.3 is 10.0 Å². The van der Waals surface area contributed by atoms with E-state index in [-0.39, 0.29) is 18.9 Å². The van der Waals surface area contributed by atoms with E-state index in [1.54, 1.807) is 31.2 Å². The summed E-state index contributed by atoms with van der Waals surface area (Å²) in [7, 11) is 0. The first-order chi connectivity index (χ1) is 11.4. The van der Waals surface area contributed by atoms with Gasteiger partial charge in [0, 0.05) is 18.5 Å². The summed E-state index contributed by atoms with van der Waals surface area (Å²) in [6.45, 7) is 1.33. The van der Waals surface area contributed by atoms with Gasteiger partial charge in [0.1, 0.15) is 12.1 Å². The summed E-state index contributed by atoms with van der Waals surface area (Å²) in [4.78, 5) is 50.6. The number of fused-ring (bicyclic) bond motifs is 1. The minimum Gasteiger partial charge on any atom is -0.480 e. The second-order valence-corrected chi connectivity index (χ2v) is 5.98. The molecule has 3 rings (SSSR count). The summed E-state index contributed by atoms with van der Waals surface area (Å²) < 4.78 is 0. The summed E-state index contributed by atoms with van der Waals surface area (Å²) in [5, 5.41) is 11.4. The van der Waals surface area contributed by atoms with Crippen LogP contribution < -0.4 is 10.2 Å². The van der Waals surface area contributed by atoms with Gasteiger partial charge in [0.05, 0.1) is 5.69 Å². The third kappa shape index (κ3) is 2.31. The molecule has 2 aliphatic heterocycles. The largest absolute Gasteiger partial charge is 0.480 e. The van der Waals surface area contributed by atoms with Crippen LogP contribution in [-0.2, 0) is 19.9 Å². The van der Waals surface area contributed by atoms with Gasteiger partial charge in [0.15, 0.2) is 0 Å². The lowest BCUT2D eigenvalue weighted by Gasteiger charge is -2.36. The van der Waals surface area contributed by atoms with Crippen LogP contribution in [0, 0.1) is 0 Å². The van der Waals surface area contributed by atoms with E-state index < -0.39 is 30.0 Å². The monoisotopic (exact) mass is 331 g/mol. The lowest BCUT2D eigenvalue weighted by Crippen LogP contribution is -2.56. The molecule has 0 spiro atoms. The number of hydrogen-bond donors (Lipinski definition) is 2. The average Bonchev–Trinajstić information content (AvgIpc) is 2.65. The first-order valence-electron chi connectivity index (χ1n) is 7.60. The second-order valence-electron chi connectivity index (χ2n) is 5.98. The van der Waals surface area contributed by atoms with Gasteiger partial charge in [-0.3, -0.25) is 24.6 Å². The number of nitrogens with zero attached hydrogens (tertiary/aromatic N) is 2. The number of aliphatic carboxylic acids is 1. The van der Waals surface area contributed by atoms with Crippen LogP contribution in [0.25, 0.3) is 0 Å². The smallest absolute Gasteiger partial charge is 0.325 e. The first kappa shape index (κ1) is 16.0. The Morgan fingerprint density at radius 3 is 2.71 bits per heavy atom. The third-order valence-corrected chi connectivity index (χ3v) is 4.49. The van der Waals surface area contributed by atoms with Crippen LogP contribution in [0.3, 0.4) is 0 Å². The maximum atomic E-state index is 13.0. The van der Waals surface area contributed by atoms with E-state index in [9.17, 15) is 19.2 Å². The van der Waals surface area contributed by atoms with Gasteiger partial charge in [0.25, 0.3) is 5.91 Å². The van der Waals surface area contributed by atoms with E-state index in [0.717, 1.165) is 4.90 Å². The molecule has 1 saturated heterocycles. The Bertz CT molecular complexity index is 747. The fourth-order valence-electron chi connectivity index (χ4n) is 3.34. The van der Waals surface area contributed by atoms with Crippen molar-refractivity contribution in [3.8, 4) is 0 Å². The van der Waals surface area contributed by atoms with Crippen molar-refractivity contribution >= 4 is 29.5 Å². The Kier molecular flexibility index (Phi) is 3.75. The molecule has 1 aromatic rings. The zero-order valence-corrected chi connectivity index (χ0v) is 13.1. The number of carboxylic acid groups (broad SMARTS) is 1. The molecular formula is C16H17N3O5. The van der Waals surface area contributed by atoms with E-state index in [4.69, 9.17) is 5.11 Å². The number of rotatable bonds is 3. The Morgan fingerprint density at radius 1 is 1.29 bits per heavy atom. The van der Waals surface area contributed by atoms with Crippen LogP contribution in [0.2, 0.25) is 0 Å². The Balaban J connectivity index is 2.08. The fourth-order valence-corrected chi connectivity index (χ4v) is 3.34. The first-order valence-corrected chi connectivity index (χ1v) is 7.60. The maximum absolute atomic E-state index is 13.0. The molecule has 0 aliphatic carbocycles. The fraction of sp³-hybridized carbons (Fsp3) is 0.375. The normalized spacial score (nSPS) is 23.8. The Labute approximate surface area is 138 Å². The van der Waals surface area contributed by atoms with Crippen LogP contribution in [0.15, 0.2) is 24.3 Å². The average molecular weight is 331 g/mol. The van der Waals surface area contributed by atoms with E-state index in [1.807, 2.05) is 0 Å². The van der Waals surface area contributed by atoms with Gasteiger partial charge in [-0.1, -0.05) is 18.2 Å². The molecule has 2 N–H and O–H groups in total. The number of amides is 4. The molecule has 2 aliphatic rings. The predicted octanol–water partition coefficient (Wildman–Crippen LogP) is 0.665. The van der Waals surface area contributed by atoms with Gasteiger partial charge >= 0.3 is 12.0 Å². The molecule has 1 aromatic carbocycles. The predicted molar refractivity (Wildman–Crippen MR) is 83.3 cm³/mol. The molecule has 4 amide bonds. The highest BCUT2D eigenvalue weighted by atomic mass is 16.4. The van der Waals surface area contributed by atoms with Gasteiger partial charge in [-0.05, 0) is 19.4 Å². The van der Waals surface area contributed by atoms with Gasteiger partial charge in [-0.15, -0.1) is 0 Å². The number of hydrogen-bond acceptors (Lipinski definition) is 4. The highest BCUT2D eigenvalue weighted by Crippen LogP contribution is 2.44. The summed E-state index contributed by atoms with van der Waals surface area (Å²) in [5.74, 6) is -2.01. The van der Waals surface area contributed by atoms with Crippen molar-refractivity contribution in [2.24, 2.45) is 0 Å². The number of para-hydroxylation sites is 1. The number of carboxylic acids is 1. The quantitative estimate of drug-likeness (QED) is 0.846. The molecule has 126 valence electrons. The second kappa shape index (κ2) is 5.63. The molecule has 0 bridgehead atoms. The molecule has 1 fully saturated rings. The lowest BCUT2D eigenvalue weighted by molar-refractivity contribution is -0.137. The highest BCUT2D eigenvalue weighted by Gasteiger charge is 2.53. The molecule has 1 unspecified atom stereocenters. The third-order valence-electron chi connectivity index (χ3n) is 4.49. The lowest BCUT2D eigenvalue weighted by atomic mass is 9.91. The molecule has 2 heterocycles. The van der Waals surface area contributed by atoms with Crippen molar-refractivity contribution in [1.29, 1.82) is 0 Å².